The van der Waals surface area contributed by atoms with Gasteiger partial charge in [0.15, 0.2) is 9.84 Å². The normalized spacial score (nSPS) is 11.3. The van der Waals surface area contributed by atoms with Gasteiger partial charge in [0, 0.05) is 0 Å². The summed E-state index contributed by atoms with van der Waals surface area (Å²) in [6, 6.07) is 11.1. The van der Waals surface area contributed by atoms with Crippen LogP contribution in [0.2, 0.25) is 0 Å². The van der Waals surface area contributed by atoms with Gasteiger partial charge in [-0.05, 0) is 49.2 Å². The molecule has 110 valence electrons. The number of carboxylic acid groups (broad SMARTS) is 1. The van der Waals surface area contributed by atoms with Gasteiger partial charge in [-0.2, -0.15) is 0 Å². The van der Waals surface area contributed by atoms with E-state index in [-0.39, 0.29) is 16.2 Å². The Morgan fingerprint density at radius 2 is 1.67 bits per heavy atom. The Kier molecular flexibility index (Phi) is 4.14. The summed E-state index contributed by atoms with van der Waals surface area (Å²) < 4.78 is 24.8. The van der Waals surface area contributed by atoms with Crippen molar-refractivity contribution in [3.63, 3.8) is 0 Å². The average molecular weight is 304 g/mol. The maximum atomic E-state index is 12.4. The Morgan fingerprint density at radius 1 is 1.05 bits per heavy atom. The van der Waals surface area contributed by atoms with Gasteiger partial charge in [0.2, 0.25) is 0 Å². The molecule has 0 spiro atoms. The molecule has 2 rings (SSSR count). The molecule has 0 aliphatic heterocycles. The number of benzene rings is 2. The molecule has 0 heterocycles. The molecule has 0 saturated carbocycles. The molecular weight excluding hydrogens is 288 g/mol. The Labute approximate surface area is 124 Å². The maximum absolute atomic E-state index is 12.4. The van der Waals surface area contributed by atoms with Crippen LogP contribution < -0.4 is 0 Å². The van der Waals surface area contributed by atoms with E-state index in [9.17, 15) is 13.2 Å². The second-order valence-electron chi connectivity index (χ2n) is 5.02. The van der Waals surface area contributed by atoms with Crippen molar-refractivity contribution in [1.29, 1.82) is 0 Å². The minimum atomic E-state index is -3.49. The molecule has 0 atom stereocenters. The molecule has 0 fully saturated rings. The summed E-state index contributed by atoms with van der Waals surface area (Å²) in [6.45, 7) is 3.66. The third-order valence-electron chi connectivity index (χ3n) is 3.32. The molecule has 0 saturated heterocycles. The zero-order chi connectivity index (χ0) is 15.6. The SMILES string of the molecule is Cc1ccc(S(=O)(=O)Cc2cc(C(=O)O)ccc2C)cc1. The van der Waals surface area contributed by atoms with Crippen molar-refractivity contribution >= 4 is 15.8 Å². The molecule has 2 aromatic rings. The van der Waals surface area contributed by atoms with Gasteiger partial charge < -0.3 is 5.11 Å². The van der Waals surface area contributed by atoms with E-state index in [0.717, 1.165) is 11.1 Å². The molecule has 5 heteroatoms. The second kappa shape index (κ2) is 5.69. The van der Waals surface area contributed by atoms with Gasteiger partial charge in [-0.3, -0.25) is 0 Å². The lowest BCUT2D eigenvalue weighted by Crippen LogP contribution is -2.07. The fourth-order valence-electron chi connectivity index (χ4n) is 1.99. The summed E-state index contributed by atoms with van der Waals surface area (Å²) >= 11 is 0. The smallest absolute Gasteiger partial charge is 0.335 e. The van der Waals surface area contributed by atoms with Gasteiger partial charge in [-0.1, -0.05) is 23.8 Å². The molecule has 1 N–H and O–H groups in total. The summed E-state index contributed by atoms with van der Waals surface area (Å²) in [7, 11) is -3.49. The molecule has 0 unspecified atom stereocenters. The Balaban J connectivity index is 2.38. The van der Waals surface area contributed by atoms with Crippen molar-refractivity contribution in [2.45, 2.75) is 24.5 Å². The van der Waals surface area contributed by atoms with Crippen LogP contribution in [-0.2, 0) is 15.6 Å². The molecule has 0 amide bonds. The molecule has 0 aliphatic carbocycles. The lowest BCUT2D eigenvalue weighted by molar-refractivity contribution is 0.0696. The van der Waals surface area contributed by atoms with Gasteiger partial charge in [0.05, 0.1) is 16.2 Å². The number of carbonyl (C=O) groups is 1. The van der Waals surface area contributed by atoms with Gasteiger partial charge in [-0.15, -0.1) is 0 Å². The molecule has 2 aromatic carbocycles. The van der Waals surface area contributed by atoms with Crippen LogP contribution in [0, 0.1) is 13.8 Å². The Hall–Kier alpha value is -2.14. The number of carboxylic acids is 1. The standard InChI is InChI=1S/C16H16O4S/c1-11-3-7-15(8-4-11)21(19,20)10-14-9-13(16(17)18)6-5-12(14)2/h3-9H,10H2,1-2H3,(H,17,18). The quantitative estimate of drug-likeness (QED) is 0.942. The van der Waals surface area contributed by atoms with Gasteiger partial charge in [0.25, 0.3) is 0 Å². The van der Waals surface area contributed by atoms with E-state index in [1.165, 1.54) is 12.1 Å². The highest BCUT2D eigenvalue weighted by Crippen LogP contribution is 2.20. The van der Waals surface area contributed by atoms with Crippen molar-refractivity contribution in [1.82, 2.24) is 0 Å². The van der Waals surface area contributed by atoms with Crippen LogP contribution in [0.3, 0.4) is 0 Å². The summed E-state index contributed by atoms with van der Waals surface area (Å²) in [5.41, 5.74) is 2.35. The zero-order valence-electron chi connectivity index (χ0n) is 11.8. The number of rotatable bonds is 4. The average Bonchev–Trinajstić information content (AvgIpc) is 2.41. The van der Waals surface area contributed by atoms with Gasteiger partial charge >= 0.3 is 5.97 Å². The molecule has 0 aliphatic rings. The lowest BCUT2D eigenvalue weighted by atomic mass is 10.1. The summed E-state index contributed by atoms with van der Waals surface area (Å²) in [6.07, 6.45) is 0. The van der Waals surface area contributed by atoms with Gasteiger partial charge in [-0.25, -0.2) is 13.2 Å². The summed E-state index contributed by atoms with van der Waals surface area (Å²) in [5.74, 6) is -1.27. The van der Waals surface area contributed by atoms with E-state index < -0.39 is 15.8 Å². The van der Waals surface area contributed by atoms with Crippen molar-refractivity contribution in [2.75, 3.05) is 0 Å². The van der Waals surface area contributed by atoms with Crippen LogP contribution in [-0.4, -0.2) is 19.5 Å². The van der Waals surface area contributed by atoms with Crippen LogP contribution in [0.25, 0.3) is 0 Å². The first-order valence-corrected chi connectivity index (χ1v) is 8.07. The highest BCUT2D eigenvalue weighted by molar-refractivity contribution is 7.90. The fourth-order valence-corrected chi connectivity index (χ4v) is 3.43. The van der Waals surface area contributed by atoms with E-state index in [0.29, 0.717) is 5.56 Å². The van der Waals surface area contributed by atoms with E-state index in [2.05, 4.69) is 0 Å². The van der Waals surface area contributed by atoms with Crippen LogP contribution in [0.1, 0.15) is 27.0 Å². The first-order valence-electron chi connectivity index (χ1n) is 6.42. The minimum Gasteiger partial charge on any atom is -0.478 e. The fraction of sp³-hybridized carbons (Fsp3) is 0.188. The molecule has 4 nitrogen and oxygen atoms in total. The number of hydrogen-bond acceptors (Lipinski definition) is 3. The monoisotopic (exact) mass is 304 g/mol. The van der Waals surface area contributed by atoms with Crippen LogP contribution in [0.4, 0.5) is 0 Å². The molecule has 21 heavy (non-hydrogen) atoms. The van der Waals surface area contributed by atoms with Crippen molar-refractivity contribution < 1.29 is 18.3 Å². The van der Waals surface area contributed by atoms with E-state index >= 15 is 0 Å². The molecule has 0 radical (unpaired) electrons. The van der Waals surface area contributed by atoms with E-state index in [4.69, 9.17) is 5.11 Å². The van der Waals surface area contributed by atoms with E-state index in [1.807, 2.05) is 6.92 Å². The van der Waals surface area contributed by atoms with Crippen LogP contribution >= 0.6 is 0 Å². The predicted octanol–water partition coefficient (Wildman–Crippen LogP) is 2.98. The van der Waals surface area contributed by atoms with Crippen LogP contribution in [0.5, 0.6) is 0 Å². The topological polar surface area (TPSA) is 71.4 Å². The number of sulfone groups is 1. The molecule has 0 bridgehead atoms. The van der Waals surface area contributed by atoms with Crippen molar-refractivity contribution in [2.24, 2.45) is 0 Å². The lowest BCUT2D eigenvalue weighted by Gasteiger charge is -2.09. The van der Waals surface area contributed by atoms with Crippen molar-refractivity contribution in [3.05, 3.63) is 64.7 Å². The number of aromatic carboxylic acids is 1. The largest absolute Gasteiger partial charge is 0.478 e. The molecule has 0 aromatic heterocycles. The summed E-state index contributed by atoms with van der Waals surface area (Å²) in [4.78, 5) is 11.2. The summed E-state index contributed by atoms with van der Waals surface area (Å²) in [5, 5.41) is 9.00. The highest BCUT2D eigenvalue weighted by atomic mass is 32.2. The third kappa shape index (κ3) is 3.49. The Bertz CT molecular complexity index is 774. The third-order valence-corrected chi connectivity index (χ3v) is 5.00. The van der Waals surface area contributed by atoms with Gasteiger partial charge in [0.1, 0.15) is 0 Å². The number of aryl methyl sites for hydroxylation is 2. The van der Waals surface area contributed by atoms with E-state index in [1.54, 1.807) is 37.3 Å². The second-order valence-corrected chi connectivity index (χ2v) is 7.01. The predicted molar refractivity (Wildman–Crippen MR) is 80.2 cm³/mol. The van der Waals surface area contributed by atoms with Crippen LogP contribution in [0.15, 0.2) is 47.4 Å². The van der Waals surface area contributed by atoms with Crippen molar-refractivity contribution in [3.8, 4) is 0 Å². The molecular formula is C16H16O4S. The maximum Gasteiger partial charge on any atom is 0.335 e. The first kappa shape index (κ1) is 15.3. The zero-order valence-corrected chi connectivity index (χ0v) is 12.6. The Morgan fingerprint density at radius 3 is 2.24 bits per heavy atom. The number of hydrogen-bond donors (Lipinski definition) is 1. The first-order chi connectivity index (χ1) is 9.79. The minimum absolute atomic E-state index is 0.0923. The highest BCUT2D eigenvalue weighted by Gasteiger charge is 2.17.